The van der Waals surface area contributed by atoms with Crippen molar-refractivity contribution in [3.8, 4) is 5.75 Å². The van der Waals surface area contributed by atoms with Gasteiger partial charge in [-0.15, -0.1) is 0 Å². The second-order valence-corrected chi connectivity index (χ2v) is 6.33. The molecule has 0 aliphatic rings. The summed E-state index contributed by atoms with van der Waals surface area (Å²) < 4.78 is 110. The van der Waals surface area contributed by atoms with Crippen molar-refractivity contribution >= 4 is 22.1 Å². The molecule has 156 valence electrons. The van der Waals surface area contributed by atoms with Crippen molar-refractivity contribution in [2.24, 2.45) is 0 Å². The average Bonchev–Trinajstić information content (AvgIpc) is 2.57. The topological polar surface area (TPSA) is 119 Å². The van der Waals surface area contributed by atoms with Crippen LogP contribution in [0.25, 0.3) is 0 Å². The van der Waals surface area contributed by atoms with E-state index < -0.39 is 51.6 Å². The molecule has 0 spiro atoms. The minimum Gasteiger partial charge on any atom is -0.743 e. The number of rotatable bonds is 8. The molecule has 0 heterocycles. The molecule has 1 unspecified atom stereocenters. The Morgan fingerprint density at radius 2 is 1.64 bits per heavy atom. The standard InChI is InChI=1S/C14H11F5O8S/c1-2-10(20)27-13(14(17,18)19,25-8-12(15,16)28(22,23)24)11(21)26-9-6-4-3-5-7-9/h2-7H,1,8H2,(H,22,23,24)/p-1. The van der Waals surface area contributed by atoms with Gasteiger partial charge in [0.25, 0.3) is 0 Å². The fourth-order valence-corrected chi connectivity index (χ4v) is 1.69. The second-order valence-electron chi connectivity index (χ2n) is 4.82. The molecule has 0 radical (unpaired) electrons. The Morgan fingerprint density at radius 1 is 1.11 bits per heavy atom. The van der Waals surface area contributed by atoms with Crippen molar-refractivity contribution in [3.63, 3.8) is 0 Å². The SMILES string of the molecule is C=CC(=O)OC(OCC(F)(F)S(=O)(=O)[O-])(C(=O)Oc1ccccc1)C(F)(F)F. The van der Waals surface area contributed by atoms with E-state index in [-0.39, 0.29) is 6.08 Å². The summed E-state index contributed by atoms with van der Waals surface area (Å²) in [5.74, 6) is -9.83. The predicted molar refractivity (Wildman–Crippen MR) is 77.7 cm³/mol. The third-order valence-corrected chi connectivity index (χ3v) is 3.67. The Balaban J connectivity index is 3.39. The molecular weight excluding hydrogens is 423 g/mol. The molecule has 1 aromatic rings. The molecular formula is C14H10F5O8S-. The molecule has 28 heavy (non-hydrogen) atoms. The predicted octanol–water partition coefficient (Wildman–Crippen LogP) is 1.73. The average molecular weight is 433 g/mol. The van der Waals surface area contributed by atoms with Crippen molar-refractivity contribution in [3.05, 3.63) is 43.0 Å². The highest BCUT2D eigenvalue weighted by Crippen LogP contribution is 2.38. The summed E-state index contributed by atoms with van der Waals surface area (Å²) in [5, 5.41) is -5.39. The highest BCUT2D eigenvalue weighted by molar-refractivity contribution is 7.86. The summed E-state index contributed by atoms with van der Waals surface area (Å²) in [4.78, 5) is 23.3. The van der Waals surface area contributed by atoms with Crippen molar-refractivity contribution in [2.75, 3.05) is 6.61 Å². The molecule has 0 aliphatic heterocycles. The summed E-state index contributed by atoms with van der Waals surface area (Å²) in [6, 6.07) is 5.83. The molecule has 0 saturated heterocycles. The normalized spacial score (nSPS) is 14.6. The van der Waals surface area contributed by atoms with Crippen LogP contribution < -0.4 is 4.74 Å². The highest BCUT2D eigenvalue weighted by atomic mass is 32.2. The Hall–Kier alpha value is -2.58. The zero-order chi connectivity index (χ0) is 21.8. The third-order valence-electron chi connectivity index (χ3n) is 2.82. The first-order valence-corrected chi connectivity index (χ1v) is 8.24. The van der Waals surface area contributed by atoms with Gasteiger partial charge in [0, 0.05) is 6.08 Å². The summed E-state index contributed by atoms with van der Waals surface area (Å²) >= 11 is 0. The van der Waals surface area contributed by atoms with Gasteiger partial charge in [-0.2, -0.15) is 22.0 Å². The number of benzene rings is 1. The lowest BCUT2D eigenvalue weighted by Crippen LogP contribution is -2.60. The smallest absolute Gasteiger partial charge is 0.468 e. The third kappa shape index (κ3) is 5.24. The van der Waals surface area contributed by atoms with Gasteiger partial charge in [-0.1, -0.05) is 24.8 Å². The summed E-state index contributed by atoms with van der Waals surface area (Å²) in [6.07, 6.45) is -5.89. The van der Waals surface area contributed by atoms with Crippen LogP contribution in [0.2, 0.25) is 0 Å². The molecule has 0 saturated carbocycles. The lowest BCUT2D eigenvalue weighted by molar-refractivity contribution is -0.357. The lowest BCUT2D eigenvalue weighted by atomic mass is 10.2. The van der Waals surface area contributed by atoms with Crippen LogP contribution in [0, 0.1) is 0 Å². The van der Waals surface area contributed by atoms with Crippen molar-refractivity contribution in [1.82, 2.24) is 0 Å². The van der Waals surface area contributed by atoms with E-state index in [1.54, 1.807) is 0 Å². The van der Waals surface area contributed by atoms with Gasteiger partial charge in [0.05, 0.1) is 0 Å². The summed E-state index contributed by atoms with van der Waals surface area (Å²) in [5.41, 5.74) is 0. The van der Waals surface area contributed by atoms with E-state index in [1.807, 2.05) is 0 Å². The maximum absolute atomic E-state index is 13.5. The van der Waals surface area contributed by atoms with E-state index >= 15 is 0 Å². The van der Waals surface area contributed by atoms with Gasteiger partial charge < -0.3 is 18.8 Å². The van der Waals surface area contributed by atoms with Crippen LogP contribution in [0.1, 0.15) is 0 Å². The van der Waals surface area contributed by atoms with Gasteiger partial charge in [-0.05, 0) is 12.1 Å². The van der Waals surface area contributed by atoms with Crippen LogP contribution in [-0.4, -0.2) is 48.7 Å². The minimum absolute atomic E-state index is 0.141. The lowest BCUT2D eigenvalue weighted by Gasteiger charge is -2.33. The number of carbonyl (C=O) groups is 2. The van der Waals surface area contributed by atoms with Crippen LogP contribution in [0.15, 0.2) is 43.0 Å². The number of alkyl halides is 5. The molecule has 0 aliphatic carbocycles. The van der Waals surface area contributed by atoms with Crippen LogP contribution >= 0.6 is 0 Å². The second kappa shape index (κ2) is 8.20. The summed E-state index contributed by atoms with van der Waals surface area (Å²) in [6.45, 7) is 0.00353. The minimum atomic E-state index is -6.48. The van der Waals surface area contributed by atoms with Gasteiger partial charge in [0.15, 0.2) is 10.1 Å². The van der Waals surface area contributed by atoms with Crippen LogP contribution in [0.5, 0.6) is 5.75 Å². The Bertz CT molecular complexity index is 837. The van der Waals surface area contributed by atoms with Gasteiger partial charge in [-0.25, -0.2) is 18.0 Å². The molecule has 0 fully saturated rings. The van der Waals surface area contributed by atoms with E-state index in [2.05, 4.69) is 20.8 Å². The molecule has 14 heteroatoms. The zero-order valence-electron chi connectivity index (χ0n) is 13.4. The van der Waals surface area contributed by atoms with Crippen molar-refractivity contribution in [1.29, 1.82) is 0 Å². The van der Waals surface area contributed by atoms with Crippen LogP contribution in [-0.2, 0) is 29.2 Å². The fourth-order valence-electron chi connectivity index (χ4n) is 1.49. The molecule has 0 amide bonds. The van der Waals surface area contributed by atoms with Gasteiger partial charge in [0.1, 0.15) is 12.4 Å². The first kappa shape index (κ1) is 23.5. The molecule has 8 nitrogen and oxygen atoms in total. The first-order chi connectivity index (χ1) is 12.7. The highest BCUT2D eigenvalue weighted by Gasteiger charge is 2.69. The first-order valence-electron chi connectivity index (χ1n) is 6.83. The number of hydrogen-bond acceptors (Lipinski definition) is 8. The monoisotopic (exact) mass is 433 g/mol. The van der Waals surface area contributed by atoms with E-state index in [9.17, 15) is 44.5 Å². The Morgan fingerprint density at radius 3 is 2.07 bits per heavy atom. The largest absolute Gasteiger partial charge is 0.743 e. The van der Waals surface area contributed by atoms with Gasteiger partial charge >= 0.3 is 29.2 Å². The summed E-state index contributed by atoms with van der Waals surface area (Å²) in [7, 11) is -6.48. The zero-order valence-corrected chi connectivity index (χ0v) is 14.3. The Labute approximate surface area is 154 Å². The number of para-hydroxylation sites is 1. The van der Waals surface area contributed by atoms with E-state index in [4.69, 9.17) is 0 Å². The quantitative estimate of drug-likeness (QED) is 0.152. The van der Waals surface area contributed by atoms with Gasteiger partial charge in [0.2, 0.25) is 0 Å². The van der Waals surface area contributed by atoms with Crippen LogP contribution in [0.4, 0.5) is 22.0 Å². The van der Waals surface area contributed by atoms with Crippen molar-refractivity contribution in [2.45, 2.75) is 17.2 Å². The number of esters is 2. The number of hydrogen-bond donors (Lipinski definition) is 0. The van der Waals surface area contributed by atoms with Crippen molar-refractivity contribution < 1.29 is 58.7 Å². The van der Waals surface area contributed by atoms with E-state index in [1.165, 1.54) is 18.2 Å². The fraction of sp³-hybridized carbons (Fsp3) is 0.286. The molecule has 1 atom stereocenters. The van der Waals surface area contributed by atoms with Crippen LogP contribution in [0.3, 0.4) is 0 Å². The molecule has 0 N–H and O–H groups in total. The number of carbonyl (C=O) groups excluding carboxylic acids is 2. The van der Waals surface area contributed by atoms with E-state index in [0.29, 0.717) is 0 Å². The number of ether oxygens (including phenoxy) is 3. The molecule has 1 rings (SSSR count). The Kier molecular flexibility index (Phi) is 6.87. The van der Waals surface area contributed by atoms with Gasteiger partial charge in [-0.3, -0.25) is 0 Å². The maximum atomic E-state index is 13.5. The molecule has 1 aromatic carbocycles. The number of halogens is 5. The molecule has 0 aromatic heterocycles. The maximum Gasteiger partial charge on any atom is 0.468 e. The van der Waals surface area contributed by atoms with E-state index in [0.717, 1.165) is 12.1 Å². The molecule has 0 bridgehead atoms.